The molecule has 0 radical (unpaired) electrons. The van der Waals surface area contributed by atoms with Gasteiger partial charge >= 0.3 is 6.18 Å². The number of anilines is 1. The van der Waals surface area contributed by atoms with Gasteiger partial charge in [-0.1, -0.05) is 15.9 Å². The van der Waals surface area contributed by atoms with E-state index in [2.05, 4.69) is 20.9 Å². The van der Waals surface area contributed by atoms with E-state index >= 15 is 0 Å². The monoisotopic (exact) mass is 304 g/mol. The van der Waals surface area contributed by atoms with Gasteiger partial charge in [-0.2, -0.15) is 13.2 Å². The van der Waals surface area contributed by atoms with Crippen molar-refractivity contribution < 1.29 is 22.0 Å². The maximum Gasteiger partial charge on any atom is 0.433 e. The first kappa shape index (κ1) is 13.1. The summed E-state index contributed by atoms with van der Waals surface area (Å²) in [5.74, 6) is 0. The van der Waals surface area contributed by atoms with Crippen molar-refractivity contribution in [2.45, 2.75) is 17.9 Å². The van der Waals surface area contributed by atoms with Gasteiger partial charge in [0.2, 0.25) is 0 Å². The van der Waals surface area contributed by atoms with E-state index in [9.17, 15) is 22.0 Å². The lowest BCUT2D eigenvalue weighted by molar-refractivity contribution is -0.143. The molecule has 0 spiro atoms. The van der Waals surface area contributed by atoms with E-state index in [0.717, 1.165) is 0 Å². The Kier molecular flexibility index (Phi) is 3.72. The summed E-state index contributed by atoms with van der Waals surface area (Å²) in [5.41, 5.74) is 2.19. The molecule has 0 aliphatic heterocycles. The summed E-state index contributed by atoms with van der Waals surface area (Å²) >= 11 is 2.87. The lowest BCUT2D eigenvalue weighted by Gasteiger charge is -2.13. The van der Waals surface area contributed by atoms with Crippen LogP contribution in [-0.4, -0.2) is 4.98 Å². The first-order valence-corrected chi connectivity index (χ1v) is 5.10. The van der Waals surface area contributed by atoms with Gasteiger partial charge in [-0.05, 0) is 6.07 Å². The number of rotatable bonds is 2. The van der Waals surface area contributed by atoms with Gasteiger partial charge in [-0.25, -0.2) is 13.8 Å². The van der Waals surface area contributed by atoms with E-state index < -0.39 is 23.9 Å². The zero-order chi connectivity index (χ0) is 12.5. The number of pyridine rings is 1. The molecule has 0 aliphatic carbocycles. The minimum atomic E-state index is -4.92. The minimum Gasteiger partial charge on any atom is -0.397 e. The number of aromatic nitrogens is 1. The van der Waals surface area contributed by atoms with E-state index in [4.69, 9.17) is 5.73 Å². The number of hydrogen-bond donors (Lipinski definition) is 1. The lowest BCUT2D eigenvalue weighted by atomic mass is 10.1. The molecule has 90 valence electrons. The van der Waals surface area contributed by atoms with Crippen LogP contribution in [0.5, 0.6) is 0 Å². The van der Waals surface area contributed by atoms with E-state index in [1.165, 1.54) is 0 Å². The van der Waals surface area contributed by atoms with Crippen LogP contribution in [0, 0.1) is 0 Å². The highest BCUT2D eigenvalue weighted by Crippen LogP contribution is 2.36. The SMILES string of the molecule is Nc1cc(C(F)F)c(C(F)(F)F)nc1CBr. The quantitative estimate of drug-likeness (QED) is 0.671. The Bertz CT molecular complexity index is 391. The first-order chi connectivity index (χ1) is 7.27. The van der Waals surface area contributed by atoms with Crippen molar-refractivity contribution in [2.24, 2.45) is 0 Å². The number of halogens is 6. The van der Waals surface area contributed by atoms with Crippen LogP contribution in [0.25, 0.3) is 0 Å². The van der Waals surface area contributed by atoms with Crippen molar-refractivity contribution in [2.75, 3.05) is 5.73 Å². The molecule has 2 nitrogen and oxygen atoms in total. The number of alkyl halides is 6. The largest absolute Gasteiger partial charge is 0.433 e. The fraction of sp³-hybridized carbons (Fsp3) is 0.375. The Balaban J connectivity index is 3.43. The van der Waals surface area contributed by atoms with E-state index in [1.807, 2.05) is 0 Å². The smallest absolute Gasteiger partial charge is 0.397 e. The van der Waals surface area contributed by atoms with Gasteiger partial charge in [-0.3, -0.25) is 0 Å². The normalized spacial score (nSPS) is 12.2. The highest BCUT2D eigenvalue weighted by molar-refractivity contribution is 9.08. The van der Waals surface area contributed by atoms with E-state index in [0.29, 0.717) is 6.07 Å². The summed E-state index contributed by atoms with van der Waals surface area (Å²) in [4.78, 5) is 3.11. The standard InChI is InChI=1S/C8H6BrF5N2/c9-2-5-4(15)1-3(7(10)11)6(16-5)8(12,13)14/h1,7H,2,15H2. The summed E-state index contributed by atoms with van der Waals surface area (Å²) in [6.07, 6.45) is -8.19. The molecule has 2 N–H and O–H groups in total. The maximum atomic E-state index is 12.4. The van der Waals surface area contributed by atoms with Crippen LogP contribution >= 0.6 is 15.9 Å². The van der Waals surface area contributed by atoms with Crippen molar-refractivity contribution in [1.29, 1.82) is 0 Å². The summed E-state index contributed by atoms with van der Waals surface area (Å²) in [6, 6.07) is 0.608. The number of nitrogen functional groups attached to an aromatic ring is 1. The third-order valence-corrected chi connectivity index (χ3v) is 2.33. The second-order valence-electron chi connectivity index (χ2n) is 2.89. The predicted octanol–water partition coefficient (Wildman–Crippen LogP) is 3.52. The lowest BCUT2D eigenvalue weighted by Crippen LogP contribution is -2.15. The summed E-state index contributed by atoms with van der Waals surface area (Å²) in [5, 5.41) is -0.0363. The summed E-state index contributed by atoms with van der Waals surface area (Å²) in [6.45, 7) is 0. The predicted molar refractivity (Wildman–Crippen MR) is 51.2 cm³/mol. The third kappa shape index (κ3) is 2.60. The summed E-state index contributed by atoms with van der Waals surface area (Å²) in [7, 11) is 0. The van der Waals surface area contributed by atoms with Crippen LogP contribution in [-0.2, 0) is 11.5 Å². The first-order valence-electron chi connectivity index (χ1n) is 3.98. The molecule has 0 aliphatic rings. The topological polar surface area (TPSA) is 38.9 Å². The number of hydrogen-bond acceptors (Lipinski definition) is 2. The average molecular weight is 305 g/mol. The zero-order valence-corrected chi connectivity index (χ0v) is 9.24. The number of nitrogens with zero attached hydrogens (tertiary/aromatic N) is 1. The molecule has 0 bridgehead atoms. The van der Waals surface area contributed by atoms with Crippen LogP contribution in [0.3, 0.4) is 0 Å². The van der Waals surface area contributed by atoms with Gasteiger partial charge in [0.15, 0.2) is 5.69 Å². The third-order valence-electron chi connectivity index (χ3n) is 1.79. The Morgan fingerprint density at radius 3 is 2.31 bits per heavy atom. The Hall–Kier alpha value is -0.920. The van der Waals surface area contributed by atoms with Crippen molar-refractivity contribution in [3.8, 4) is 0 Å². The molecule has 0 fully saturated rings. The summed E-state index contributed by atoms with van der Waals surface area (Å²) < 4.78 is 61.9. The molecule has 0 atom stereocenters. The second kappa shape index (κ2) is 4.52. The van der Waals surface area contributed by atoms with Crippen molar-refractivity contribution in [3.63, 3.8) is 0 Å². The fourth-order valence-corrected chi connectivity index (χ4v) is 1.53. The van der Waals surface area contributed by atoms with Gasteiger partial charge < -0.3 is 5.73 Å². The van der Waals surface area contributed by atoms with E-state index in [-0.39, 0.29) is 16.7 Å². The van der Waals surface area contributed by atoms with Gasteiger partial charge in [0.25, 0.3) is 6.43 Å². The number of nitrogens with two attached hydrogens (primary N) is 1. The Morgan fingerprint density at radius 2 is 1.94 bits per heavy atom. The van der Waals surface area contributed by atoms with Gasteiger partial charge in [0, 0.05) is 5.33 Å². The van der Waals surface area contributed by atoms with Crippen molar-refractivity contribution in [3.05, 3.63) is 23.0 Å². The Morgan fingerprint density at radius 1 is 1.38 bits per heavy atom. The maximum absolute atomic E-state index is 12.4. The highest BCUT2D eigenvalue weighted by Gasteiger charge is 2.38. The Labute approximate surface area is 95.8 Å². The molecule has 1 rings (SSSR count). The molecule has 1 heterocycles. The molecule has 16 heavy (non-hydrogen) atoms. The minimum absolute atomic E-state index is 0.0363. The molecular formula is C8H6BrF5N2. The van der Waals surface area contributed by atoms with Crippen LogP contribution in [0.2, 0.25) is 0 Å². The van der Waals surface area contributed by atoms with Gasteiger partial charge in [0.05, 0.1) is 16.9 Å². The molecule has 0 saturated heterocycles. The molecular weight excluding hydrogens is 299 g/mol. The highest BCUT2D eigenvalue weighted by atomic mass is 79.9. The molecule has 0 aromatic carbocycles. The van der Waals surface area contributed by atoms with E-state index in [1.54, 1.807) is 0 Å². The van der Waals surface area contributed by atoms with Crippen LogP contribution in [0.1, 0.15) is 23.4 Å². The zero-order valence-electron chi connectivity index (χ0n) is 7.65. The molecule has 0 unspecified atom stereocenters. The average Bonchev–Trinajstić information content (AvgIpc) is 2.15. The van der Waals surface area contributed by atoms with Crippen LogP contribution in [0.15, 0.2) is 6.07 Å². The van der Waals surface area contributed by atoms with Gasteiger partial charge in [-0.15, -0.1) is 0 Å². The van der Waals surface area contributed by atoms with Gasteiger partial charge in [0.1, 0.15) is 0 Å². The van der Waals surface area contributed by atoms with Crippen LogP contribution < -0.4 is 5.73 Å². The molecule has 8 heteroatoms. The molecule has 0 saturated carbocycles. The second-order valence-corrected chi connectivity index (χ2v) is 3.45. The fourth-order valence-electron chi connectivity index (χ4n) is 1.08. The molecule has 1 aromatic heterocycles. The van der Waals surface area contributed by atoms with Crippen molar-refractivity contribution in [1.82, 2.24) is 4.98 Å². The molecule has 1 aromatic rings. The van der Waals surface area contributed by atoms with Crippen molar-refractivity contribution >= 4 is 21.6 Å². The van der Waals surface area contributed by atoms with Crippen LogP contribution in [0.4, 0.5) is 27.6 Å². The molecule has 0 amide bonds.